The van der Waals surface area contributed by atoms with E-state index in [4.69, 9.17) is 10.5 Å². The summed E-state index contributed by atoms with van der Waals surface area (Å²) >= 11 is 0. The second kappa shape index (κ2) is 7.07. The van der Waals surface area contributed by atoms with Crippen LogP contribution >= 0.6 is 0 Å². The van der Waals surface area contributed by atoms with Crippen LogP contribution in [0.5, 0.6) is 0 Å². The molecule has 0 aliphatic carbocycles. The van der Waals surface area contributed by atoms with Crippen molar-refractivity contribution in [3.63, 3.8) is 0 Å². The summed E-state index contributed by atoms with van der Waals surface area (Å²) in [5.74, 6) is 0.642. The highest BCUT2D eigenvalue weighted by Crippen LogP contribution is 2.31. The van der Waals surface area contributed by atoms with Gasteiger partial charge in [-0.15, -0.1) is 0 Å². The van der Waals surface area contributed by atoms with Crippen LogP contribution in [0.2, 0.25) is 0 Å². The number of aryl methyl sites for hydroxylation is 1. The molecule has 2 aromatic rings. The van der Waals surface area contributed by atoms with E-state index in [0.29, 0.717) is 38.4 Å². The maximum absolute atomic E-state index is 12.6. The lowest BCUT2D eigenvalue weighted by Gasteiger charge is -2.34. The number of nitrogens with one attached hydrogen (secondary N) is 1. The molecule has 0 bridgehead atoms. The number of aromatic nitrogens is 2. The minimum atomic E-state index is -0.531. The summed E-state index contributed by atoms with van der Waals surface area (Å²) in [7, 11) is 0. The van der Waals surface area contributed by atoms with Crippen molar-refractivity contribution in [3.8, 4) is 11.4 Å². The molecule has 0 atom stereocenters. The Balaban J connectivity index is 1.73. The van der Waals surface area contributed by atoms with Crippen LogP contribution in [0.1, 0.15) is 18.5 Å². The van der Waals surface area contributed by atoms with Gasteiger partial charge in [-0.05, 0) is 50.1 Å². The minimum Gasteiger partial charge on any atom is -0.381 e. The largest absolute Gasteiger partial charge is 0.381 e. The van der Waals surface area contributed by atoms with Crippen LogP contribution in [-0.4, -0.2) is 35.6 Å². The zero-order chi connectivity index (χ0) is 17.0. The third kappa shape index (κ3) is 3.44. The molecule has 6 nitrogen and oxygen atoms in total. The highest BCUT2D eigenvalue weighted by atomic mass is 16.5. The van der Waals surface area contributed by atoms with E-state index in [0.717, 1.165) is 16.9 Å². The predicted molar refractivity (Wildman–Crippen MR) is 92.4 cm³/mol. The van der Waals surface area contributed by atoms with E-state index in [2.05, 4.69) is 15.3 Å². The Morgan fingerprint density at radius 1 is 1.25 bits per heavy atom. The Morgan fingerprint density at radius 3 is 2.58 bits per heavy atom. The van der Waals surface area contributed by atoms with E-state index < -0.39 is 5.41 Å². The fraction of sp³-hybridized carbons (Fsp3) is 0.389. The third-order valence-corrected chi connectivity index (χ3v) is 4.52. The number of carbonyl (C=O) groups excluding carboxylic acids is 1. The normalized spacial score (nSPS) is 16.6. The summed E-state index contributed by atoms with van der Waals surface area (Å²) in [5, 5.41) is 2.98. The van der Waals surface area contributed by atoms with E-state index in [9.17, 15) is 4.79 Å². The van der Waals surface area contributed by atoms with E-state index in [1.54, 1.807) is 6.20 Å². The number of nitrogens with two attached hydrogens (primary N) is 1. The van der Waals surface area contributed by atoms with Gasteiger partial charge in [-0.1, -0.05) is 0 Å². The maximum atomic E-state index is 12.6. The lowest BCUT2D eigenvalue weighted by atomic mass is 9.79. The van der Waals surface area contributed by atoms with Gasteiger partial charge in [-0.3, -0.25) is 4.79 Å². The van der Waals surface area contributed by atoms with Crippen molar-refractivity contribution in [2.45, 2.75) is 19.8 Å². The van der Waals surface area contributed by atoms with Gasteiger partial charge in [0.05, 0.1) is 5.41 Å². The summed E-state index contributed by atoms with van der Waals surface area (Å²) in [4.78, 5) is 21.3. The maximum Gasteiger partial charge on any atom is 0.232 e. The second-order valence-corrected chi connectivity index (χ2v) is 6.15. The van der Waals surface area contributed by atoms with E-state index >= 15 is 0 Å². The van der Waals surface area contributed by atoms with Gasteiger partial charge in [-0.2, -0.15) is 0 Å². The van der Waals surface area contributed by atoms with Crippen molar-refractivity contribution >= 4 is 11.6 Å². The number of hydrogen-bond donors (Lipinski definition) is 2. The molecule has 126 valence electrons. The van der Waals surface area contributed by atoms with Gasteiger partial charge in [-0.25, -0.2) is 9.97 Å². The zero-order valence-corrected chi connectivity index (χ0v) is 13.8. The fourth-order valence-corrected chi connectivity index (χ4v) is 2.84. The quantitative estimate of drug-likeness (QED) is 0.898. The molecule has 6 heteroatoms. The number of carbonyl (C=O) groups is 1. The van der Waals surface area contributed by atoms with Crippen LogP contribution in [0.25, 0.3) is 11.4 Å². The van der Waals surface area contributed by atoms with Crippen molar-refractivity contribution in [2.24, 2.45) is 11.1 Å². The summed E-state index contributed by atoms with van der Waals surface area (Å²) in [5.41, 5.74) is 7.92. The summed E-state index contributed by atoms with van der Waals surface area (Å²) in [6.07, 6.45) is 3.05. The van der Waals surface area contributed by atoms with E-state index in [1.807, 2.05) is 37.3 Å². The molecule has 3 N–H and O–H groups in total. The summed E-state index contributed by atoms with van der Waals surface area (Å²) in [6, 6.07) is 9.40. The van der Waals surface area contributed by atoms with Crippen LogP contribution in [0, 0.1) is 12.3 Å². The van der Waals surface area contributed by atoms with Gasteiger partial charge in [0, 0.05) is 42.9 Å². The first-order valence-electron chi connectivity index (χ1n) is 8.12. The van der Waals surface area contributed by atoms with Crippen LogP contribution in [-0.2, 0) is 9.53 Å². The van der Waals surface area contributed by atoms with E-state index in [1.165, 1.54) is 0 Å². The Bertz CT molecular complexity index is 709. The highest BCUT2D eigenvalue weighted by molar-refractivity contribution is 5.95. The molecule has 1 saturated heterocycles. The zero-order valence-electron chi connectivity index (χ0n) is 13.8. The topological polar surface area (TPSA) is 90.1 Å². The first-order valence-corrected chi connectivity index (χ1v) is 8.12. The SMILES string of the molecule is Cc1ccnc(-c2ccc(NC(=O)C3(CN)CCOCC3)cc2)n1. The number of hydrogen-bond acceptors (Lipinski definition) is 5. The Kier molecular flexibility index (Phi) is 4.87. The molecule has 0 unspecified atom stereocenters. The molecule has 0 saturated carbocycles. The summed E-state index contributed by atoms with van der Waals surface area (Å²) < 4.78 is 5.35. The molecule has 1 aromatic heterocycles. The first-order chi connectivity index (χ1) is 11.6. The first kappa shape index (κ1) is 16.5. The van der Waals surface area contributed by atoms with Crippen LogP contribution < -0.4 is 11.1 Å². The molecule has 24 heavy (non-hydrogen) atoms. The highest BCUT2D eigenvalue weighted by Gasteiger charge is 2.38. The molecule has 3 rings (SSSR count). The standard InChI is InChI=1S/C18H22N4O2/c1-13-6-9-20-16(21-13)14-2-4-15(5-3-14)22-17(23)18(12-19)7-10-24-11-8-18/h2-6,9H,7-8,10-12,19H2,1H3,(H,22,23). The van der Waals surface area contributed by atoms with Gasteiger partial charge in [0.1, 0.15) is 0 Å². The molecule has 1 fully saturated rings. The predicted octanol–water partition coefficient (Wildman–Crippen LogP) is 2.15. The van der Waals surface area contributed by atoms with Crippen molar-refractivity contribution in [3.05, 3.63) is 42.2 Å². The number of nitrogens with zero attached hydrogens (tertiary/aromatic N) is 2. The van der Waals surface area contributed by atoms with Crippen molar-refractivity contribution in [2.75, 3.05) is 25.1 Å². The Morgan fingerprint density at radius 2 is 1.96 bits per heavy atom. The number of ether oxygens (including phenoxy) is 1. The van der Waals surface area contributed by atoms with Crippen molar-refractivity contribution in [1.82, 2.24) is 9.97 Å². The lowest BCUT2D eigenvalue weighted by Crippen LogP contribution is -2.46. The average Bonchev–Trinajstić information content (AvgIpc) is 2.63. The number of benzene rings is 1. The molecular formula is C18H22N4O2. The molecular weight excluding hydrogens is 304 g/mol. The second-order valence-electron chi connectivity index (χ2n) is 6.15. The molecule has 0 spiro atoms. The molecule has 1 aliphatic rings. The Labute approximate surface area is 141 Å². The smallest absolute Gasteiger partial charge is 0.232 e. The van der Waals surface area contributed by atoms with Crippen molar-refractivity contribution < 1.29 is 9.53 Å². The van der Waals surface area contributed by atoms with Gasteiger partial charge in [0.2, 0.25) is 5.91 Å². The molecule has 0 radical (unpaired) electrons. The van der Waals surface area contributed by atoms with Crippen LogP contribution in [0.15, 0.2) is 36.5 Å². The monoisotopic (exact) mass is 326 g/mol. The van der Waals surface area contributed by atoms with Gasteiger partial charge < -0.3 is 15.8 Å². The number of rotatable bonds is 4. The van der Waals surface area contributed by atoms with Crippen LogP contribution in [0.4, 0.5) is 5.69 Å². The third-order valence-electron chi connectivity index (χ3n) is 4.52. The van der Waals surface area contributed by atoms with Gasteiger partial charge in [0.25, 0.3) is 0 Å². The van der Waals surface area contributed by atoms with Crippen LogP contribution in [0.3, 0.4) is 0 Å². The number of anilines is 1. The average molecular weight is 326 g/mol. The molecule has 1 amide bonds. The fourth-order valence-electron chi connectivity index (χ4n) is 2.84. The molecule has 1 aliphatic heterocycles. The molecule has 1 aromatic carbocycles. The van der Waals surface area contributed by atoms with Crippen molar-refractivity contribution in [1.29, 1.82) is 0 Å². The number of amides is 1. The molecule has 2 heterocycles. The minimum absolute atomic E-state index is 0.0344. The lowest BCUT2D eigenvalue weighted by molar-refractivity contribution is -0.130. The van der Waals surface area contributed by atoms with Gasteiger partial charge >= 0.3 is 0 Å². The van der Waals surface area contributed by atoms with Gasteiger partial charge in [0.15, 0.2) is 5.82 Å². The Hall–Kier alpha value is -2.31. The summed E-state index contributed by atoms with van der Waals surface area (Å²) in [6.45, 7) is 3.42. The van der Waals surface area contributed by atoms with E-state index in [-0.39, 0.29) is 5.91 Å².